The first-order valence-electron chi connectivity index (χ1n) is 8.31. The maximum Gasteiger partial charge on any atom is 0.223 e. The van der Waals surface area contributed by atoms with Crippen molar-refractivity contribution in [2.24, 2.45) is 0 Å². The van der Waals surface area contributed by atoms with Crippen LogP contribution in [0.2, 0.25) is 0 Å². The Morgan fingerprint density at radius 1 is 1.32 bits per heavy atom. The molecule has 3 rings (SSSR count). The summed E-state index contributed by atoms with van der Waals surface area (Å²) in [5.74, 6) is 1.03. The van der Waals surface area contributed by atoms with Gasteiger partial charge in [0.2, 0.25) is 5.91 Å². The number of hydrogen-bond acceptors (Lipinski definition) is 4. The number of hydrogen-bond donors (Lipinski definition) is 1. The average molecular weight is 362 g/mol. The van der Waals surface area contributed by atoms with E-state index < -0.39 is 0 Å². The Balaban J connectivity index is 0.00000225. The summed E-state index contributed by atoms with van der Waals surface area (Å²) >= 11 is 0. The van der Waals surface area contributed by atoms with Crippen LogP contribution in [0, 0.1) is 0 Å². The number of aromatic nitrogens is 1. The zero-order valence-electron chi connectivity index (χ0n) is 14.4. The molecule has 1 fully saturated rings. The third-order valence-electron chi connectivity index (χ3n) is 4.42. The number of methoxy groups -OCH3 is 1. The molecule has 1 amide bonds. The standard InChI is InChI=1S/C19H23N3O2.ClH/c1-24-17-7-4-15(5-8-17)6-9-19(23)22-12-11-21-14-18(22)16-3-2-10-20-13-16;/h2-5,7-8,10,13,18,21H,6,9,11-12,14H2,1H3;1H. The van der Waals surface area contributed by atoms with Gasteiger partial charge in [-0.1, -0.05) is 18.2 Å². The van der Waals surface area contributed by atoms with Gasteiger partial charge in [-0.2, -0.15) is 0 Å². The molecule has 25 heavy (non-hydrogen) atoms. The molecular weight excluding hydrogens is 338 g/mol. The lowest BCUT2D eigenvalue weighted by Crippen LogP contribution is -2.48. The summed E-state index contributed by atoms with van der Waals surface area (Å²) in [6, 6.07) is 11.9. The molecule has 5 nitrogen and oxygen atoms in total. The van der Waals surface area contributed by atoms with Crippen molar-refractivity contribution in [2.75, 3.05) is 26.7 Å². The third-order valence-corrected chi connectivity index (χ3v) is 4.42. The zero-order chi connectivity index (χ0) is 16.8. The van der Waals surface area contributed by atoms with Crippen molar-refractivity contribution in [2.45, 2.75) is 18.9 Å². The van der Waals surface area contributed by atoms with Crippen molar-refractivity contribution < 1.29 is 9.53 Å². The van der Waals surface area contributed by atoms with Gasteiger partial charge in [-0.15, -0.1) is 12.4 Å². The summed E-state index contributed by atoms with van der Waals surface area (Å²) in [7, 11) is 1.65. The summed E-state index contributed by atoms with van der Waals surface area (Å²) in [6.45, 7) is 2.35. The van der Waals surface area contributed by atoms with E-state index in [0.717, 1.165) is 42.9 Å². The van der Waals surface area contributed by atoms with Gasteiger partial charge in [0.25, 0.3) is 0 Å². The lowest BCUT2D eigenvalue weighted by Gasteiger charge is -2.36. The Hall–Kier alpha value is -2.11. The Bertz CT molecular complexity index is 664. The SMILES string of the molecule is COc1ccc(CCC(=O)N2CCNCC2c2cccnc2)cc1.Cl. The quantitative estimate of drug-likeness (QED) is 0.889. The van der Waals surface area contributed by atoms with Crippen molar-refractivity contribution in [3.63, 3.8) is 0 Å². The fraction of sp³-hybridized carbons (Fsp3) is 0.368. The Labute approximate surface area is 154 Å². The second-order valence-electron chi connectivity index (χ2n) is 5.94. The number of amides is 1. The largest absolute Gasteiger partial charge is 0.497 e. The summed E-state index contributed by atoms with van der Waals surface area (Å²) in [6.07, 6.45) is 4.87. The van der Waals surface area contributed by atoms with E-state index in [1.807, 2.05) is 47.5 Å². The molecule has 0 aliphatic carbocycles. The van der Waals surface area contributed by atoms with Crippen LogP contribution in [0.15, 0.2) is 48.8 Å². The van der Waals surface area contributed by atoms with Crippen LogP contribution >= 0.6 is 12.4 Å². The van der Waals surface area contributed by atoms with Crippen LogP contribution in [-0.4, -0.2) is 42.5 Å². The van der Waals surface area contributed by atoms with Gasteiger partial charge in [0.1, 0.15) is 5.75 Å². The number of carbonyl (C=O) groups is 1. The van der Waals surface area contributed by atoms with Crippen molar-refractivity contribution in [1.82, 2.24) is 15.2 Å². The van der Waals surface area contributed by atoms with Gasteiger partial charge < -0.3 is 15.0 Å². The van der Waals surface area contributed by atoms with Crippen LogP contribution in [0.25, 0.3) is 0 Å². The molecule has 0 saturated carbocycles. The summed E-state index contributed by atoms with van der Waals surface area (Å²) in [5.41, 5.74) is 2.24. The molecule has 0 radical (unpaired) electrons. The van der Waals surface area contributed by atoms with Crippen molar-refractivity contribution in [3.8, 4) is 5.75 Å². The van der Waals surface area contributed by atoms with Gasteiger partial charge >= 0.3 is 0 Å². The van der Waals surface area contributed by atoms with E-state index >= 15 is 0 Å². The summed E-state index contributed by atoms with van der Waals surface area (Å²) < 4.78 is 5.16. The molecule has 1 atom stereocenters. The predicted molar refractivity (Wildman–Crippen MR) is 100 cm³/mol. The second kappa shape index (κ2) is 9.39. The minimum Gasteiger partial charge on any atom is -0.497 e. The van der Waals surface area contributed by atoms with E-state index in [0.29, 0.717) is 6.42 Å². The number of nitrogens with one attached hydrogen (secondary N) is 1. The maximum atomic E-state index is 12.7. The third kappa shape index (κ3) is 4.94. The number of piperazine rings is 1. The zero-order valence-corrected chi connectivity index (χ0v) is 15.2. The van der Waals surface area contributed by atoms with Crippen molar-refractivity contribution in [1.29, 1.82) is 0 Å². The lowest BCUT2D eigenvalue weighted by molar-refractivity contribution is -0.134. The predicted octanol–water partition coefficient (Wildman–Crippen LogP) is 2.62. The van der Waals surface area contributed by atoms with Crippen LogP contribution in [0.1, 0.15) is 23.6 Å². The molecule has 1 aromatic heterocycles. The Kier molecular flexibility index (Phi) is 7.22. The topological polar surface area (TPSA) is 54.5 Å². The normalized spacial score (nSPS) is 16.8. The number of pyridine rings is 1. The molecule has 1 unspecified atom stereocenters. The molecule has 6 heteroatoms. The highest BCUT2D eigenvalue weighted by molar-refractivity contribution is 5.85. The average Bonchev–Trinajstić information content (AvgIpc) is 2.67. The molecule has 1 aliphatic rings. The van der Waals surface area contributed by atoms with E-state index in [1.165, 1.54) is 0 Å². The number of ether oxygens (including phenoxy) is 1. The molecule has 2 heterocycles. The molecule has 0 bridgehead atoms. The highest BCUT2D eigenvalue weighted by Crippen LogP contribution is 2.23. The summed E-state index contributed by atoms with van der Waals surface area (Å²) in [4.78, 5) is 18.9. The molecule has 134 valence electrons. The number of rotatable bonds is 5. The molecule has 1 saturated heterocycles. The second-order valence-corrected chi connectivity index (χ2v) is 5.94. The van der Waals surface area contributed by atoms with Gasteiger partial charge in [0, 0.05) is 38.4 Å². The van der Waals surface area contributed by atoms with Gasteiger partial charge in [-0.05, 0) is 35.7 Å². The van der Waals surface area contributed by atoms with E-state index in [9.17, 15) is 4.79 Å². The maximum absolute atomic E-state index is 12.7. The highest BCUT2D eigenvalue weighted by Gasteiger charge is 2.27. The molecule has 1 aliphatic heterocycles. The number of benzene rings is 1. The first kappa shape index (κ1) is 19.2. The first-order chi connectivity index (χ1) is 11.8. The summed E-state index contributed by atoms with van der Waals surface area (Å²) in [5, 5.41) is 3.37. The fourth-order valence-corrected chi connectivity index (χ4v) is 3.06. The molecule has 0 spiro atoms. The van der Waals surface area contributed by atoms with Crippen LogP contribution in [0.3, 0.4) is 0 Å². The van der Waals surface area contributed by atoms with Crippen molar-refractivity contribution >= 4 is 18.3 Å². The smallest absolute Gasteiger partial charge is 0.223 e. The van der Waals surface area contributed by atoms with Crippen LogP contribution in [0.4, 0.5) is 0 Å². The van der Waals surface area contributed by atoms with E-state index in [-0.39, 0.29) is 24.4 Å². The van der Waals surface area contributed by atoms with Gasteiger partial charge in [-0.25, -0.2) is 0 Å². The van der Waals surface area contributed by atoms with E-state index in [1.54, 1.807) is 13.3 Å². The fourth-order valence-electron chi connectivity index (χ4n) is 3.06. The molecule has 1 N–H and O–H groups in total. The minimum absolute atomic E-state index is 0. The van der Waals surface area contributed by atoms with Crippen LogP contribution < -0.4 is 10.1 Å². The molecule has 1 aromatic carbocycles. The molecule has 2 aromatic rings. The lowest BCUT2D eigenvalue weighted by atomic mass is 10.0. The van der Waals surface area contributed by atoms with Crippen molar-refractivity contribution in [3.05, 3.63) is 59.9 Å². The monoisotopic (exact) mass is 361 g/mol. The Morgan fingerprint density at radius 2 is 2.12 bits per heavy atom. The first-order valence-corrected chi connectivity index (χ1v) is 8.31. The highest BCUT2D eigenvalue weighted by atomic mass is 35.5. The van der Waals surface area contributed by atoms with Gasteiger partial charge in [0.15, 0.2) is 0 Å². The van der Waals surface area contributed by atoms with Crippen LogP contribution in [-0.2, 0) is 11.2 Å². The minimum atomic E-state index is 0. The van der Waals surface area contributed by atoms with E-state index in [2.05, 4.69) is 10.3 Å². The van der Waals surface area contributed by atoms with E-state index in [4.69, 9.17) is 4.74 Å². The Morgan fingerprint density at radius 3 is 2.80 bits per heavy atom. The number of carbonyl (C=O) groups excluding carboxylic acids is 1. The number of aryl methyl sites for hydroxylation is 1. The molecular formula is C19H24ClN3O2. The van der Waals surface area contributed by atoms with Gasteiger partial charge in [-0.3, -0.25) is 9.78 Å². The number of nitrogens with zero attached hydrogens (tertiary/aromatic N) is 2. The van der Waals surface area contributed by atoms with Crippen LogP contribution in [0.5, 0.6) is 5.75 Å². The van der Waals surface area contributed by atoms with Gasteiger partial charge in [0.05, 0.1) is 13.2 Å². The number of halogens is 1.